The van der Waals surface area contributed by atoms with E-state index in [1.807, 2.05) is 0 Å². The Hall–Kier alpha value is -1.06. The highest BCUT2D eigenvalue weighted by molar-refractivity contribution is 5.45. The van der Waals surface area contributed by atoms with Crippen LogP contribution in [0.1, 0.15) is 25.8 Å². The van der Waals surface area contributed by atoms with Crippen molar-refractivity contribution in [3.05, 3.63) is 29.8 Å². The molecule has 19 heavy (non-hydrogen) atoms. The molecule has 2 N–H and O–H groups in total. The third-order valence-electron chi connectivity index (χ3n) is 4.25. The Kier molecular flexibility index (Phi) is 4.16. The normalized spacial score (nSPS) is 23.3. The lowest BCUT2D eigenvalue weighted by molar-refractivity contribution is 0.0899. The van der Waals surface area contributed by atoms with E-state index in [1.54, 1.807) is 0 Å². The fourth-order valence-electron chi connectivity index (χ4n) is 2.78. The number of nitrogens with zero attached hydrogens (tertiary/aromatic N) is 2. The van der Waals surface area contributed by atoms with E-state index in [9.17, 15) is 0 Å². The van der Waals surface area contributed by atoms with Crippen molar-refractivity contribution in [2.45, 2.75) is 32.9 Å². The summed E-state index contributed by atoms with van der Waals surface area (Å²) in [5.74, 6) is 0. The highest BCUT2D eigenvalue weighted by atomic mass is 15.1. The molecule has 3 nitrogen and oxygen atoms in total. The van der Waals surface area contributed by atoms with Crippen molar-refractivity contribution in [2.24, 2.45) is 11.1 Å². The lowest BCUT2D eigenvalue weighted by Crippen LogP contribution is -2.52. The van der Waals surface area contributed by atoms with Gasteiger partial charge in [-0.25, -0.2) is 0 Å². The van der Waals surface area contributed by atoms with Crippen molar-refractivity contribution < 1.29 is 0 Å². The van der Waals surface area contributed by atoms with Gasteiger partial charge in [0.15, 0.2) is 0 Å². The van der Waals surface area contributed by atoms with Gasteiger partial charge in [0.1, 0.15) is 0 Å². The van der Waals surface area contributed by atoms with E-state index in [-0.39, 0.29) is 5.41 Å². The molecular formula is C16H27N3. The zero-order valence-electron chi connectivity index (χ0n) is 12.7. The van der Waals surface area contributed by atoms with Gasteiger partial charge in [0.25, 0.3) is 0 Å². The van der Waals surface area contributed by atoms with E-state index in [2.05, 4.69) is 62.0 Å². The molecular weight excluding hydrogens is 234 g/mol. The van der Waals surface area contributed by atoms with Gasteiger partial charge in [0, 0.05) is 45.5 Å². The molecule has 1 atom stereocenters. The first-order valence-corrected chi connectivity index (χ1v) is 7.13. The molecule has 0 aromatic heterocycles. The van der Waals surface area contributed by atoms with Gasteiger partial charge in [0.05, 0.1) is 0 Å². The predicted molar refractivity (Wildman–Crippen MR) is 82.4 cm³/mol. The van der Waals surface area contributed by atoms with Crippen LogP contribution >= 0.6 is 0 Å². The second-order valence-electron chi connectivity index (χ2n) is 6.66. The number of likely N-dealkylation sites (tertiary alicyclic amines) is 1. The molecule has 0 aliphatic carbocycles. The summed E-state index contributed by atoms with van der Waals surface area (Å²) in [7, 11) is 4.15. The van der Waals surface area contributed by atoms with Crippen molar-refractivity contribution >= 4 is 5.69 Å². The summed E-state index contributed by atoms with van der Waals surface area (Å²) >= 11 is 0. The molecule has 0 radical (unpaired) electrons. The van der Waals surface area contributed by atoms with E-state index < -0.39 is 0 Å². The zero-order chi connectivity index (χ0) is 14.0. The van der Waals surface area contributed by atoms with Gasteiger partial charge in [-0.05, 0) is 29.5 Å². The van der Waals surface area contributed by atoms with E-state index in [4.69, 9.17) is 5.73 Å². The van der Waals surface area contributed by atoms with Crippen LogP contribution in [0, 0.1) is 5.41 Å². The van der Waals surface area contributed by atoms with Crippen LogP contribution in [0.25, 0.3) is 0 Å². The van der Waals surface area contributed by atoms with Crippen molar-refractivity contribution in [1.29, 1.82) is 0 Å². The maximum absolute atomic E-state index is 6.19. The maximum Gasteiger partial charge on any atom is 0.0361 e. The molecule has 1 aliphatic heterocycles. The number of benzene rings is 1. The Morgan fingerprint density at radius 2 is 1.89 bits per heavy atom. The molecule has 1 saturated heterocycles. The average Bonchev–Trinajstić information content (AvgIpc) is 2.34. The molecule has 1 heterocycles. The quantitative estimate of drug-likeness (QED) is 0.906. The van der Waals surface area contributed by atoms with E-state index >= 15 is 0 Å². The SMILES string of the molecule is CN(C)c1ccc(CN2CCC(N)C(C)(C)C2)cc1. The second-order valence-corrected chi connectivity index (χ2v) is 6.66. The monoisotopic (exact) mass is 261 g/mol. The molecule has 1 aliphatic rings. The highest BCUT2D eigenvalue weighted by Gasteiger charge is 2.33. The Balaban J connectivity index is 1.98. The van der Waals surface area contributed by atoms with Gasteiger partial charge < -0.3 is 10.6 Å². The van der Waals surface area contributed by atoms with Crippen molar-refractivity contribution in [2.75, 3.05) is 32.1 Å². The largest absolute Gasteiger partial charge is 0.378 e. The topological polar surface area (TPSA) is 32.5 Å². The molecule has 1 unspecified atom stereocenters. The molecule has 0 bridgehead atoms. The Bertz CT molecular complexity index is 409. The third-order valence-corrected chi connectivity index (χ3v) is 4.25. The number of hydrogen-bond acceptors (Lipinski definition) is 3. The van der Waals surface area contributed by atoms with Crippen LogP contribution in [-0.2, 0) is 6.54 Å². The molecule has 106 valence electrons. The van der Waals surface area contributed by atoms with Gasteiger partial charge in [0.2, 0.25) is 0 Å². The maximum atomic E-state index is 6.19. The van der Waals surface area contributed by atoms with E-state index in [0.717, 1.165) is 26.1 Å². The van der Waals surface area contributed by atoms with Crippen LogP contribution in [0.4, 0.5) is 5.69 Å². The van der Waals surface area contributed by atoms with Crippen molar-refractivity contribution in [1.82, 2.24) is 4.90 Å². The first kappa shape index (κ1) is 14.4. The number of rotatable bonds is 3. The van der Waals surface area contributed by atoms with Crippen LogP contribution in [0.3, 0.4) is 0 Å². The number of piperidine rings is 1. The van der Waals surface area contributed by atoms with E-state index in [1.165, 1.54) is 11.3 Å². The fourth-order valence-corrected chi connectivity index (χ4v) is 2.78. The van der Waals surface area contributed by atoms with Crippen LogP contribution in [-0.4, -0.2) is 38.1 Å². The van der Waals surface area contributed by atoms with Crippen LogP contribution in [0.2, 0.25) is 0 Å². The summed E-state index contributed by atoms with van der Waals surface area (Å²) in [6.07, 6.45) is 1.10. The van der Waals surface area contributed by atoms with Crippen LogP contribution < -0.4 is 10.6 Å². The summed E-state index contributed by atoms with van der Waals surface area (Å²) in [6, 6.07) is 9.18. The standard InChI is InChI=1S/C16H27N3/c1-16(2)12-19(10-9-15(16)17)11-13-5-7-14(8-6-13)18(3)4/h5-8,15H,9-12,17H2,1-4H3. The lowest BCUT2D eigenvalue weighted by Gasteiger charge is -2.42. The summed E-state index contributed by atoms with van der Waals surface area (Å²) in [5, 5.41) is 0. The van der Waals surface area contributed by atoms with Crippen molar-refractivity contribution in [3.8, 4) is 0 Å². The third kappa shape index (κ3) is 3.48. The fraction of sp³-hybridized carbons (Fsp3) is 0.625. The first-order valence-electron chi connectivity index (χ1n) is 7.13. The number of nitrogens with two attached hydrogens (primary N) is 1. The van der Waals surface area contributed by atoms with Gasteiger partial charge in [-0.1, -0.05) is 26.0 Å². The number of hydrogen-bond donors (Lipinski definition) is 1. The minimum absolute atomic E-state index is 0.224. The van der Waals surface area contributed by atoms with E-state index in [0.29, 0.717) is 6.04 Å². The Labute approximate surface area is 117 Å². The Morgan fingerprint density at radius 3 is 2.42 bits per heavy atom. The van der Waals surface area contributed by atoms with Crippen LogP contribution in [0.15, 0.2) is 24.3 Å². The van der Waals surface area contributed by atoms with Gasteiger partial charge in [-0.15, -0.1) is 0 Å². The molecule has 2 rings (SSSR count). The Morgan fingerprint density at radius 1 is 1.26 bits per heavy atom. The average molecular weight is 261 g/mol. The second kappa shape index (κ2) is 5.51. The number of anilines is 1. The summed E-state index contributed by atoms with van der Waals surface area (Å²) in [5.41, 5.74) is 9.05. The molecule has 0 amide bonds. The molecule has 1 fully saturated rings. The van der Waals surface area contributed by atoms with Gasteiger partial charge >= 0.3 is 0 Å². The highest BCUT2D eigenvalue weighted by Crippen LogP contribution is 2.28. The lowest BCUT2D eigenvalue weighted by atomic mass is 9.79. The molecule has 0 saturated carbocycles. The summed E-state index contributed by atoms with van der Waals surface area (Å²) in [4.78, 5) is 4.65. The predicted octanol–water partition coefficient (Wildman–Crippen LogP) is 2.31. The summed E-state index contributed by atoms with van der Waals surface area (Å²) in [6.45, 7) is 7.78. The molecule has 0 spiro atoms. The molecule has 1 aromatic carbocycles. The van der Waals surface area contributed by atoms with Gasteiger partial charge in [-0.2, -0.15) is 0 Å². The van der Waals surface area contributed by atoms with Gasteiger partial charge in [-0.3, -0.25) is 4.90 Å². The smallest absolute Gasteiger partial charge is 0.0361 e. The van der Waals surface area contributed by atoms with Crippen LogP contribution in [0.5, 0.6) is 0 Å². The first-order chi connectivity index (χ1) is 8.88. The van der Waals surface area contributed by atoms with Crippen molar-refractivity contribution in [3.63, 3.8) is 0 Å². The zero-order valence-corrected chi connectivity index (χ0v) is 12.7. The summed E-state index contributed by atoms with van der Waals surface area (Å²) < 4.78 is 0. The minimum Gasteiger partial charge on any atom is -0.378 e. The molecule has 3 heteroatoms. The molecule has 1 aromatic rings. The minimum atomic E-state index is 0.224.